The Morgan fingerprint density at radius 1 is 1.43 bits per heavy atom. The highest BCUT2D eigenvalue weighted by Crippen LogP contribution is 2.42. The summed E-state index contributed by atoms with van der Waals surface area (Å²) in [5, 5.41) is 0. The van der Waals surface area contributed by atoms with Crippen LogP contribution in [0.15, 0.2) is 0 Å². The lowest BCUT2D eigenvalue weighted by molar-refractivity contribution is -0.149. The number of carbonyl (C=O) groups excluding carboxylic acids is 1. The third kappa shape index (κ3) is 1.27. The molecule has 80 valence electrons. The van der Waals surface area contributed by atoms with Crippen molar-refractivity contribution in [2.45, 2.75) is 65.0 Å². The Balaban J connectivity index is 2.22. The minimum atomic E-state index is -0.0604. The molecule has 0 aromatic carbocycles. The second-order valence-corrected chi connectivity index (χ2v) is 5.25. The second-order valence-electron chi connectivity index (χ2n) is 5.25. The Labute approximate surface area is 86.7 Å². The predicted octanol–water partition coefficient (Wildman–Crippen LogP) is 2.58. The van der Waals surface area contributed by atoms with Gasteiger partial charge in [0.2, 0.25) is 5.91 Å². The fourth-order valence-electron chi connectivity index (χ4n) is 2.95. The quantitative estimate of drug-likeness (QED) is 0.629. The maximum Gasteiger partial charge on any atom is 0.228 e. The summed E-state index contributed by atoms with van der Waals surface area (Å²) in [6, 6.07) is 1.05. The van der Waals surface area contributed by atoms with Crippen LogP contribution in [-0.2, 0) is 4.79 Å². The third-order valence-corrected chi connectivity index (χ3v) is 4.35. The van der Waals surface area contributed by atoms with Gasteiger partial charge in [-0.3, -0.25) is 4.79 Å². The molecule has 0 bridgehead atoms. The fraction of sp³-hybridized carbons (Fsp3) is 0.917. The summed E-state index contributed by atoms with van der Waals surface area (Å²) in [6.07, 6.45) is 5.74. The van der Waals surface area contributed by atoms with E-state index in [1.807, 2.05) is 0 Å². The Hall–Kier alpha value is -0.530. The van der Waals surface area contributed by atoms with Gasteiger partial charge >= 0.3 is 0 Å². The average molecular weight is 195 g/mol. The maximum absolute atomic E-state index is 12.3. The molecule has 2 aliphatic rings. The van der Waals surface area contributed by atoms with Crippen molar-refractivity contribution in [2.75, 3.05) is 0 Å². The van der Waals surface area contributed by atoms with E-state index in [4.69, 9.17) is 0 Å². The van der Waals surface area contributed by atoms with Crippen molar-refractivity contribution in [1.82, 2.24) is 4.90 Å². The molecule has 0 spiro atoms. The van der Waals surface area contributed by atoms with Gasteiger partial charge in [-0.25, -0.2) is 0 Å². The Bertz CT molecular complexity index is 251. The van der Waals surface area contributed by atoms with Gasteiger partial charge in [0.15, 0.2) is 0 Å². The van der Waals surface area contributed by atoms with Crippen molar-refractivity contribution in [3.63, 3.8) is 0 Å². The van der Waals surface area contributed by atoms with Gasteiger partial charge < -0.3 is 4.90 Å². The topological polar surface area (TPSA) is 20.3 Å². The molecule has 0 unspecified atom stereocenters. The molecule has 0 aromatic heterocycles. The fourth-order valence-corrected chi connectivity index (χ4v) is 2.95. The smallest absolute Gasteiger partial charge is 0.228 e. The molecule has 2 nitrogen and oxygen atoms in total. The van der Waals surface area contributed by atoms with Crippen LogP contribution in [0.4, 0.5) is 0 Å². The summed E-state index contributed by atoms with van der Waals surface area (Å²) in [7, 11) is 0. The summed E-state index contributed by atoms with van der Waals surface area (Å²) >= 11 is 0. The Morgan fingerprint density at radius 2 is 2.14 bits per heavy atom. The number of nitrogens with zero attached hydrogens (tertiary/aromatic N) is 1. The van der Waals surface area contributed by atoms with E-state index in [9.17, 15) is 4.79 Å². The average Bonchev–Trinajstić information content (AvgIpc) is 2.55. The summed E-state index contributed by atoms with van der Waals surface area (Å²) in [4.78, 5) is 14.5. The lowest BCUT2D eigenvalue weighted by Crippen LogP contribution is -2.51. The molecule has 0 N–H and O–H groups in total. The van der Waals surface area contributed by atoms with Crippen LogP contribution < -0.4 is 0 Å². The molecule has 1 amide bonds. The van der Waals surface area contributed by atoms with Crippen molar-refractivity contribution in [2.24, 2.45) is 5.41 Å². The van der Waals surface area contributed by atoms with Gasteiger partial charge in [-0.15, -0.1) is 0 Å². The molecule has 0 aromatic rings. The van der Waals surface area contributed by atoms with Gasteiger partial charge in [-0.2, -0.15) is 0 Å². The Morgan fingerprint density at radius 3 is 2.79 bits per heavy atom. The van der Waals surface area contributed by atoms with Crippen LogP contribution in [0.1, 0.15) is 52.9 Å². The number of piperidine rings is 1. The zero-order valence-corrected chi connectivity index (χ0v) is 9.55. The molecule has 2 heterocycles. The molecule has 2 heteroatoms. The molecular weight excluding hydrogens is 174 g/mol. The van der Waals surface area contributed by atoms with E-state index in [-0.39, 0.29) is 5.41 Å². The first-order chi connectivity index (χ1) is 6.58. The number of rotatable bonds is 1. The van der Waals surface area contributed by atoms with Crippen molar-refractivity contribution in [1.29, 1.82) is 0 Å². The summed E-state index contributed by atoms with van der Waals surface area (Å²) in [6.45, 7) is 6.47. The van der Waals surface area contributed by atoms with Crippen molar-refractivity contribution < 1.29 is 4.79 Å². The zero-order valence-electron chi connectivity index (χ0n) is 9.55. The van der Waals surface area contributed by atoms with Gasteiger partial charge in [0.05, 0.1) is 0 Å². The number of amides is 1. The summed E-state index contributed by atoms with van der Waals surface area (Å²) < 4.78 is 0. The molecular formula is C12H21NO. The van der Waals surface area contributed by atoms with E-state index in [1.165, 1.54) is 19.3 Å². The van der Waals surface area contributed by atoms with Crippen LogP contribution in [0.3, 0.4) is 0 Å². The number of fused-ring (bicyclic) bond motifs is 1. The molecule has 2 aliphatic heterocycles. The van der Waals surface area contributed by atoms with E-state index in [0.717, 1.165) is 12.8 Å². The number of hydrogen-bond donors (Lipinski definition) is 0. The zero-order chi connectivity index (χ0) is 10.3. The van der Waals surface area contributed by atoms with Gasteiger partial charge in [-0.05, 0) is 39.0 Å². The molecule has 3 atom stereocenters. The lowest BCUT2D eigenvalue weighted by atomic mass is 9.77. The van der Waals surface area contributed by atoms with Crippen molar-refractivity contribution >= 4 is 5.91 Å². The number of hydrogen-bond acceptors (Lipinski definition) is 1. The van der Waals surface area contributed by atoms with Gasteiger partial charge in [-0.1, -0.05) is 13.8 Å². The van der Waals surface area contributed by atoms with Crippen LogP contribution in [0, 0.1) is 5.41 Å². The molecule has 0 radical (unpaired) electrons. The molecule has 2 fully saturated rings. The minimum Gasteiger partial charge on any atom is -0.337 e. The number of carbonyl (C=O) groups is 1. The van der Waals surface area contributed by atoms with Gasteiger partial charge in [0.25, 0.3) is 0 Å². The highest BCUT2D eigenvalue weighted by Gasteiger charge is 2.46. The molecule has 0 aliphatic carbocycles. The van der Waals surface area contributed by atoms with Crippen LogP contribution in [-0.4, -0.2) is 22.9 Å². The standard InChI is InChI=1S/C12H21NO/c1-4-12(3)8-7-10-6-5-9(2)13(10)11(12)14/h9-10H,4-8H2,1-3H3/t9-,10-,12-/m1/s1. The second kappa shape index (κ2) is 3.25. The van der Waals surface area contributed by atoms with E-state index in [2.05, 4.69) is 25.7 Å². The van der Waals surface area contributed by atoms with Crippen molar-refractivity contribution in [3.8, 4) is 0 Å². The van der Waals surface area contributed by atoms with Crippen LogP contribution in [0.2, 0.25) is 0 Å². The Kier molecular flexibility index (Phi) is 2.32. The highest BCUT2D eigenvalue weighted by molar-refractivity contribution is 5.84. The monoisotopic (exact) mass is 195 g/mol. The highest BCUT2D eigenvalue weighted by atomic mass is 16.2. The normalized spacial score (nSPS) is 42.8. The molecule has 2 rings (SSSR count). The predicted molar refractivity (Wildman–Crippen MR) is 57.0 cm³/mol. The molecule has 2 saturated heterocycles. The van der Waals surface area contributed by atoms with E-state index in [1.54, 1.807) is 0 Å². The SMILES string of the molecule is CC[C@]1(C)CC[C@H]2CC[C@@H](C)N2C1=O. The maximum atomic E-state index is 12.3. The summed E-state index contributed by atoms with van der Waals surface area (Å²) in [5.41, 5.74) is -0.0604. The molecule has 14 heavy (non-hydrogen) atoms. The minimum absolute atomic E-state index is 0.0604. The van der Waals surface area contributed by atoms with Crippen molar-refractivity contribution in [3.05, 3.63) is 0 Å². The first-order valence-corrected chi connectivity index (χ1v) is 5.91. The van der Waals surface area contributed by atoms with Crippen LogP contribution in [0.25, 0.3) is 0 Å². The lowest BCUT2D eigenvalue weighted by Gasteiger charge is -2.42. The van der Waals surface area contributed by atoms with Crippen LogP contribution >= 0.6 is 0 Å². The molecule has 0 saturated carbocycles. The van der Waals surface area contributed by atoms with Gasteiger partial charge in [0.1, 0.15) is 0 Å². The van der Waals surface area contributed by atoms with E-state index < -0.39 is 0 Å². The summed E-state index contributed by atoms with van der Waals surface area (Å²) in [5.74, 6) is 0.418. The van der Waals surface area contributed by atoms with E-state index >= 15 is 0 Å². The van der Waals surface area contributed by atoms with Crippen LogP contribution in [0.5, 0.6) is 0 Å². The van der Waals surface area contributed by atoms with Gasteiger partial charge in [0, 0.05) is 17.5 Å². The van der Waals surface area contributed by atoms with E-state index in [0.29, 0.717) is 18.0 Å². The first-order valence-electron chi connectivity index (χ1n) is 5.91. The first kappa shape index (κ1) is 10.0. The largest absolute Gasteiger partial charge is 0.337 e. The third-order valence-electron chi connectivity index (χ3n) is 4.35.